The van der Waals surface area contributed by atoms with E-state index in [-0.39, 0.29) is 11.6 Å². The van der Waals surface area contributed by atoms with Gasteiger partial charge >= 0.3 is 0 Å². The number of hydrogen-bond donors (Lipinski definition) is 1. The van der Waals surface area contributed by atoms with Gasteiger partial charge in [0.25, 0.3) is 0 Å². The molecule has 0 aromatic heterocycles. The van der Waals surface area contributed by atoms with Crippen molar-refractivity contribution < 1.29 is 0 Å². The van der Waals surface area contributed by atoms with Crippen LogP contribution in [0.3, 0.4) is 0 Å². The minimum absolute atomic E-state index is 0.236. The number of allylic oxidation sites excluding steroid dienone is 2. The summed E-state index contributed by atoms with van der Waals surface area (Å²) in [7, 11) is 0. The predicted octanol–water partition coefficient (Wildman–Crippen LogP) is 2.27. The second kappa shape index (κ2) is 6.20. The lowest BCUT2D eigenvalue weighted by atomic mass is 9.95. The molecule has 2 unspecified atom stereocenters. The van der Waals surface area contributed by atoms with E-state index in [0.29, 0.717) is 12.2 Å². The van der Waals surface area contributed by atoms with Gasteiger partial charge in [0, 0.05) is 6.54 Å². The molecule has 22 heavy (non-hydrogen) atoms. The second-order valence-electron chi connectivity index (χ2n) is 5.46. The Bertz CT molecular complexity index is 701. The average Bonchev–Trinajstić information content (AvgIpc) is 2.85. The van der Waals surface area contributed by atoms with Gasteiger partial charge in [0.2, 0.25) is 0 Å². The Hall–Kier alpha value is -2.97. The van der Waals surface area contributed by atoms with Crippen LogP contribution in [0.1, 0.15) is 19.4 Å². The third kappa shape index (κ3) is 2.60. The molecule has 1 aromatic carbocycles. The minimum Gasteiger partial charge on any atom is -0.351 e. The molecule has 5 nitrogen and oxygen atoms in total. The van der Waals surface area contributed by atoms with Gasteiger partial charge in [-0.15, -0.1) is 0 Å². The molecule has 1 N–H and O–H groups in total. The highest BCUT2D eigenvalue weighted by Gasteiger charge is 2.45. The number of rotatable bonds is 4. The number of nitriles is 3. The molecule has 1 aromatic rings. The zero-order valence-electron chi connectivity index (χ0n) is 12.7. The van der Waals surface area contributed by atoms with Crippen LogP contribution in [0.25, 0.3) is 0 Å². The maximum absolute atomic E-state index is 9.40. The molecule has 1 aliphatic rings. The topological polar surface area (TPSA) is 86.6 Å². The standard InChI is InChI=1S/C17H17N5/c1-13(10-18)17(2)21-15(11-19)16(12-20)22(17)9-8-14-6-4-3-5-7-14/h3-7,13,21H,8-9H2,1-2H3. The second-order valence-corrected chi connectivity index (χ2v) is 5.46. The first-order chi connectivity index (χ1) is 10.6. The lowest BCUT2D eigenvalue weighted by Crippen LogP contribution is -2.55. The van der Waals surface area contributed by atoms with E-state index in [4.69, 9.17) is 0 Å². The molecule has 0 aliphatic carbocycles. The Labute approximate surface area is 130 Å². The first-order valence-corrected chi connectivity index (χ1v) is 7.10. The van der Waals surface area contributed by atoms with E-state index in [2.05, 4.69) is 17.5 Å². The zero-order chi connectivity index (χ0) is 16.2. The van der Waals surface area contributed by atoms with Crippen LogP contribution in [0, 0.1) is 39.9 Å². The molecule has 0 radical (unpaired) electrons. The van der Waals surface area contributed by atoms with E-state index in [0.717, 1.165) is 12.0 Å². The average molecular weight is 291 g/mol. The third-order valence-electron chi connectivity index (χ3n) is 4.17. The van der Waals surface area contributed by atoms with Gasteiger partial charge in [0.15, 0.2) is 5.70 Å². The molecule has 2 atom stereocenters. The van der Waals surface area contributed by atoms with E-state index in [9.17, 15) is 15.8 Å². The van der Waals surface area contributed by atoms with Gasteiger partial charge in [-0.05, 0) is 25.8 Å². The third-order valence-corrected chi connectivity index (χ3v) is 4.17. The summed E-state index contributed by atoms with van der Waals surface area (Å²) in [6, 6.07) is 16.3. The van der Waals surface area contributed by atoms with Crippen LogP contribution in [-0.4, -0.2) is 17.1 Å². The van der Waals surface area contributed by atoms with Crippen molar-refractivity contribution in [2.45, 2.75) is 25.9 Å². The van der Waals surface area contributed by atoms with E-state index in [1.165, 1.54) is 0 Å². The molecule has 5 heteroatoms. The zero-order valence-corrected chi connectivity index (χ0v) is 12.7. The van der Waals surface area contributed by atoms with Crippen molar-refractivity contribution >= 4 is 0 Å². The predicted molar refractivity (Wildman–Crippen MR) is 81.4 cm³/mol. The van der Waals surface area contributed by atoms with Crippen molar-refractivity contribution in [3.8, 4) is 18.2 Å². The van der Waals surface area contributed by atoms with Crippen LogP contribution < -0.4 is 5.32 Å². The summed E-state index contributed by atoms with van der Waals surface area (Å²) in [5, 5.41) is 31.0. The highest BCUT2D eigenvalue weighted by atomic mass is 15.4. The summed E-state index contributed by atoms with van der Waals surface area (Å²) in [5.74, 6) is -0.377. The number of benzene rings is 1. The fraction of sp³-hybridized carbons (Fsp3) is 0.353. The fourth-order valence-corrected chi connectivity index (χ4v) is 2.64. The molecule has 0 spiro atoms. The number of nitrogens with one attached hydrogen (secondary N) is 1. The normalized spacial score (nSPS) is 21.5. The fourth-order valence-electron chi connectivity index (χ4n) is 2.64. The van der Waals surface area contributed by atoms with Gasteiger partial charge in [-0.1, -0.05) is 30.3 Å². The van der Waals surface area contributed by atoms with E-state index in [1.54, 1.807) is 6.92 Å². The van der Waals surface area contributed by atoms with Crippen LogP contribution in [-0.2, 0) is 6.42 Å². The van der Waals surface area contributed by atoms with Crippen molar-refractivity contribution in [1.82, 2.24) is 10.2 Å². The van der Waals surface area contributed by atoms with Crippen molar-refractivity contribution in [2.24, 2.45) is 5.92 Å². The first-order valence-electron chi connectivity index (χ1n) is 7.10. The highest BCUT2D eigenvalue weighted by Crippen LogP contribution is 2.33. The first kappa shape index (κ1) is 15.4. The molecule has 0 saturated carbocycles. The van der Waals surface area contributed by atoms with Gasteiger partial charge in [-0.25, -0.2) is 0 Å². The summed E-state index contributed by atoms with van der Waals surface area (Å²) in [6.07, 6.45) is 0.736. The molecular weight excluding hydrogens is 274 g/mol. The molecule has 0 bridgehead atoms. The van der Waals surface area contributed by atoms with Gasteiger partial charge in [-0.3, -0.25) is 0 Å². The van der Waals surface area contributed by atoms with Crippen molar-refractivity contribution in [3.05, 3.63) is 47.3 Å². The molecule has 0 amide bonds. The number of nitrogens with zero attached hydrogens (tertiary/aromatic N) is 4. The quantitative estimate of drug-likeness (QED) is 0.919. The lowest BCUT2D eigenvalue weighted by Gasteiger charge is -2.39. The largest absolute Gasteiger partial charge is 0.351 e. The maximum atomic E-state index is 9.40. The monoisotopic (exact) mass is 291 g/mol. The van der Waals surface area contributed by atoms with E-state index >= 15 is 0 Å². The van der Waals surface area contributed by atoms with E-state index in [1.807, 2.05) is 48.2 Å². The van der Waals surface area contributed by atoms with Crippen LogP contribution in [0.5, 0.6) is 0 Å². The lowest BCUT2D eigenvalue weighted by molar-refractivity contribution is 0.117. The summed E-state index contributed by atoms with van der Waals surface area (Å²) in [5.41, 5.74) is 0.944. The van der Waals surface area contributed by atoms with Gasteiger partial charge in [0.1, 0.15) is 23.5 Å². The Morgan fingerprint density at radius 2 is 1.86 bits per heavy atom. The Morgan fingerprint density at radius 1 is 1.18 bits per heavy atom. The van der Waals surface area contributed by atoms with Crippen molar-refractivity contribution in [3.63, 3.8) is 0 Å². The minimum atomic E-state index is -0.750. The molecular formula is C17H17N5. The number of hydrogen-bond acceptors (Lipinski definition) is 5. The molecule has 110 valence electrons. The van der Waals surface area contributed by atoms with Crippen LogP contribution in [0.2, 0.25) is 0 Å². The van der Waals surface area contributed by atoms with Gasteiger partial charge < -0.3 is 10.2 Å². The van der Waals surface area contributed by atoms with Crippen LogP contribution in [0.4, 0.5) is 0 Å². The summed E-state index contributed by atoms with van der Waals surface area (Å²) >= 11 is 0. The molecule has 0 saturated heterocycles. The van der Waals surface area contributed by atoms with Crippen molar-refractivity contribution in [2.75, 3.05) is 6.54 Å². The van der Waals surface area contributed by atoms with Gasteiger partial charge in [-0.2, -0.15) is 15.8 Å². The van der Waals surface area contributed by atoms with E-state index < -0.39 is 5.66 Å². The van der Waals surface area contributed by atoms with Crippen LogP contribution in [0.15, 0.2) is 41.7 Å². The summed E-state index contributed by atoms with van der Waals surface area (Å²) < 4.78 is 0. The molecule has 0 fully saturated rings. The Kier molecular flexibility index (Phi) is 4.35. The van der Waals surface area contributed by atoms with Crippen LogP contribution >= 0.6 is 0 Å². The summed E-state index contributed by atoms with van der Waals surface area (Å²) in [6.45, 7) is 4.21. The highest BCUT2D eigenvalue weighted by molar-refractivity contribution is 5.41. The SMILES string of the molecule is CC(C#N)C1(C)NC(C#N)=C(C#N)N1CCc1ccccc1. The molecule has 1 heterocycles. The van der Waals surface area contributed by atoms with Gasteiger partial charge in [0.05, 0.1) is 12.0 Å². The Morgan fingerprint density at radius 3 is 2.41 bits per heavy atom. The molecule has 2 rings (SSSR count). The molecule has 1 aliphatic heterocycles. The summed E-state index contributed by atoms with van der Waals surface area (Å²) in [4.78, 5) is 1.84. The smallest absolute Gasteiger partial charge is 0.152 e. The van der Waals surface area contributed by atoms with Crippen molar-refractivity contribution in [1.29, 1.82) is 15.8 Å². The maximum Gasteiger partial charge on any atom is 0.152 e. The Balaban J connectivity index is 2.30.